The summed E-state index contributed by atoms with van der Waals surface area (Å²) in [6, 6.07) is 78.1. The van der Waals surface area contributed by atoms with Crippen LogP contribution >= 0.6 is 0 Å². The highest BCUT2D eigenvalue weighted by molar-refractivity contribution is 6.17. The van der Waals surface area contributed by atoms with E-state index in [1.54, 1.807) is 0 Å². The molecule has 302 valence electrons. The van der Waals surface area contributed by atoms with E-state index in [2.05, 4.69) is 200 Å². The van der Waals surface area contributed by atoms with E-state index >= 15 is 0 Å². The third kappa shape index (κ3) is 6.18. The van der Waals surface area contributed by atoms with Gasteiger partial charge in [-0.05, 0) is 104 Å². The SMILES string of the molecule is CC1(C)c2ccccc2-c2c(-c3ccc4c(c3)c3c(-c5cc(-c6ccccc6)cc(-c6nc(-c7ccccc7)nc(-c7ccccc7)n6)c5)cccc3n4-c3ccccc3)cccc21. The van der Waals surface area contributed by atoms with Gasteiger partial charge < -0.3 is 4.57 Å². The normalized spacial score (nSPS) is 12.7. The van der Waals surface area contributed by atoms with E-state index in [0.29, 0.717) is 17.5 Å². The maximum atomic E-state index is 5.20. The number of hydrogen-bond donors (Lipinski definition) is 0. The highest BCUT2D eigenvalue weighted by Crippen LogP contribution is 2.52. The number of benzene rings is 9. The minimum atomic E-state index is -0.0910. The number of para-hydroxylation sites is 1. The van der Waals surface area contributed by atoms with Crippen LogP contribution in [0.25, 0.3) is 106 Å². The molecule has 4 heteroatoms. The average molecular weight is 819 g/mol. The summed E-state index contributed by atoms with van der Waals surface area (Å²) in [5.41, 5.74) is 18.4. The molecule has 0 amide bonds. The number of aromatic nitrogens is 4. The Kier molecular flexibility index (Phi) is 8.80. The van der Waals surface area contributed by atoms with Gasteiger partial charge in [-0.3, -0.25) is 0 Å². The minimum absolute atomic E-state index is 0.0910. The van der Waals surface area contributed by atoms with Gasteiger partial charge in [-0.15, -0.1) is 0 Å². The van der Waals surface area contributed by atoms with Crippen LogP contribution in [0.15, 0.2) is 218 Å². The molecule has 4 nitrogen and oxygen atoms in total. The topological polar surface area (TPSA) is 43.6 Å². The largest absolute Gasteiger partial charge is 0.309 e. The van der Waals surface area contributed by atoms with Gasteiger partial charge in [-0.2, -0.15) is 0 Å². The van der Waals surface area contributed by atoms with Gasteiger partial charge >= 0.3 is 0 Å². The molecule has 12 rings (SSSR count). The summed E-state index contributed by atoms with van der Waals surface area (Å²) >= 11 is 0. The lowest BCUT2D eigenvalue weighted by molar-refractivity contribution is 0.660. The fourth-order valence-electron chi connectivity index (χ4n) is 9.98. The summed E-state index contributed by atoms with van der Waals surface area (Å²) in [5.74, 6) is 1.89. The van der Waals surface area contributed by atoms with Crippen molar-refractivity contribution >= 4 is 21.8 Å². The second kappa shape index (κ2) is 15.0. The van der Waals surface area contributed by atoms with Crippen LogP contribution in [0.5, 0.6) is 0 Å². The van der Waals surface area contributed by atoms with Crippen LogP contribution in [0.2, 0.25) is 0 Å². The predicted octanol–water partition coefficient (Wildman–Crippen LogP) is 15.3. The number of fused-ring (bicyclic) bond motifs is 6. The Labute approximate surface area is 372 Å². The van der Waals surface area contributed by atoms with Crippen LogP contribution in [-0.2, 0) is 5.41 Å². The highest BCUT2D eigenvalue weighted by Gasteiger charge is 2.36. The predicted molar refractivity (Wildman–Crippen MR) is 264 cm³/mol. The Morgan fingerprint density at radius 2 is 0.859 bits per heavy atom. The molecular weight excluding hydrogens is 777 g/mol. The van der Waals surface area contributed by atoms with Gasteiger partial charge in [0.05, 0.1) is 11.0 Å². The third-order valence-corrected chi connectivity index (χ3v) is 13.0. The lowest BCUT2D eigenvalue weighted by Crippen LogP contribution is -2.14. The Morgan fingerprint density at radius 1 is 0.344 bits per heavy atom. The lowest BCUT2D eigenvalue weighted by Gasteiger charge is -2.21. The van der Waals surface area contributed by atoms with Gasteiger partial charge in [0.2, 0.25) is 0 Å². The number of hydrogen-bond acceptors (Lipinski definition) is 3. The second-order valence-electron chi connectivity index (χ2n) is 17.2. The monoisotopic (exact) mass is 818 g/mol. The summed E-state index contributed by atoms with van der Waals surface area (Å²) < 4.78 is 2.41. The molecule has 1 aliphatic carbocycles. The summed E-state index contributed by atoms with van der Waals surface area (Å²) in [7, 11) is 0. The summed E-state index contributed by atoms with van der Waals surface area (Å²) in [5, 5.41) is 2.39. The zero-order valence-electron chi connectivity index (χ0n) is 35.6. The molecule has 0 unspecified atom stereocenters. The maximum absolute atomic E-state index is 5.20. The van der Waals surface area contributed by atoms with Gasteiger partial charge in [-0.1, -0.05) is 184 Å². The van der Waals surface area contributed by atoms with Gasteiger partial charge in [0.1, 0.15) is 0 Å². The first-order chi connectivity index (χ1) is 31.5. The van der Waals surface area contributed by atoms with Crippen LogP contribution < -0.4 is 0 Å². The standard InChI is InChI=1S/C60H42N4/c1-60(2)51-30-16-15-27-49(51)55-47(28-17-31-52(55)60)42-33-34-53-50(38-42)56-48(29-18-32-54(56)64(53)46-25-13-6-14-26-46)44-35-43(39-19-7-3-8-20-39)36-45(37-44)59-62-57(40-21-9-4-10-22-40)61-58(63-59)41-23-11-5-12-24-41/h3-38H,1-2H3. The first kappa shape index (κ1) is 37.5. The van der Waals surface area contributed by atoms with Crippen LogP contribution in [0, 0.1) is 0 Å². The zero-order valence-corrected chi connectivity index (χ0v) is 35.6. The zero-order chi connectivity index (χ0) is 42.8. The molecule has 2 aromatic heterocycles. The quantitative estimate of drug-likeness (QED) is 0.161. The van der Waals surface area contributed by atoms with Crippen LogP contribution in [0.3, 0.4) is 0 Å². The summed E-state index contributed by atoms with van der Waals surface area (Å²) in [6.07, 6.45) is 0. The van der Waals surface area contributed by atoms with Crippen molar-refractivity contribution in [2.45, 2.75) is 19.3 Å². The van der Waals surface area contributed by atoms with Crippen molar-refractivity contribution in [1.82, 2.24) is 19.5 Å². The molecule has 0 fully saturated rings. The Morgan fingerprint density at radius 3 is 1.55 bits per heavy atom. The molecule has 11 aromatic rings. The average Bonchev–Trinajstić information content (AvgIpc) is 3.82. The molecule has 0 aliphatic heterocycles. The summed E-state index contributed by atoms with van der Waals surface area (Å²) in [6.45, 7) is 4.70. The fourth-order valence-corrected chi connectivity index (χ4v) is 9.98. The van der Waals surface area contributed by atoms with E-state index < -0.39 is 0 Å². The van der Waals surface area contributed by atoms with Crippen LogP contribution in [-0.4, -0.2) is 19.5 Å². The Hall–Kier alpha value is -8.21. The van der Waals surface area contributed by atoms with Crippen molar-refractivity contribution in [2.24, 2.45) is 0 Å². The van der Waals surface area contributed by atoms with Crippen molar-refractivity contribution in [2.75, 3.05) is 0 Å². The molecule has 0 bridgehead atoms. The molecule has 64 heavy (non-hydrogen) atoms. The fraction of sp³-hybridized carbons (Fsp3) is 0.0500. The van der Waals surface area contributed by atoms with Crippen molar-refractivity contribution < 1.29 is 0 Å². The van der Waals surface area contributed by atoms with E-state index in [9.17, 15) is 0 Å². The van der Waals surface area contributed by atoms with E-state index in [1.165, 1.54) is 44.2 Å². The molecule has 9 aromatic carbocycles. The number of nitrogens with zero attached hydrogens (tertiary/aromatic N) is 4. The van der Waals surface area contributed by atoms with Gasteiger partial charge in [0.25, 0.3) is 0 Å². The van der Waals surface area contributed by atoms with Gasteiger partial charge in [-0.25, -0.2) is 15.0 Å². The third-order valence-electron chi connectivity index (χ3n) is 13.0. The lowest BCUT2D eigenvalue weighted by atomic mass is 9.82. The second-order valence-corrected chi connectivity index (χ2v) is 17.2. The smallest absolute Gasteiger partial charge is 0.164 e. The van der Waals surface area contributed by atoms with E-state index in [1.807, 2.05) is 36.4 Å². The first-order valence-corrected chi connectivity index (χ1v) is 21.9. The van der Waals surface area contributed by atoms with Crippen LogP contribution in [0.4, 0.5) is 0 Å². The van der Waals surface area contributed by atoms with Crippen molar-refractivity contribution in [3.8, 4) is 84.4 Å². The Bertz CT molecular complexity index is 3500. The highest BCUT2D eigenvalue weighted by atomic mass is 15.0. The van der Waals surface area contributed by atoms with Gasteiger partial charge in [0, 0.05) is 38.6 Å². The first-order valence-electron chi connectivity index (χ1n) is 21.9. The molecule has 0 saturated carbocycles. The molecular formula is C60H42N4. The van der Waals surface area contributed by atoms with E-state index in [0.717, 1.165) is 55.7 Å². The maximum Gasteiger partial charge on any atom is 0.164 e. The molecule has 0 atom stereocenters. The van der Waals surface area contributed by atoms with Gasteiger partial charge in [0.15, 0.2) is 17.5 Å². The molecule has 0 N–H and O–H groups in total. The molecule has 2 heterocycles. The van der Waals surface area contributed by atoms with E-state index in [-0.39, 0.29) is 5.41 Å². The molecule has 0 spiro atoms. The Balaban J connectivity index is 1.13. The van der Waals surface area contributed by atoms with Crippen molar-refractivity contribution in [3.05, 3.63) is 230 Å². The van der Waals surface area contributed by atoms with E-state index in [4.69, 9.17) is 15.0 Å². The number of rotatable bonds is 7. The summed E-state index contributed by atoms with van der Waals surface area (Å²) in [4.78, 5) is 15.4. The minimum Gasteiger partial charge on any atom is -0.309 e. The van der Waals surface area contributed by atoms with Crippen LogP contribution in [0.1, 0.15) is 25.0 Å². The molecule has 1 aliphatic rings. The van der Waals surface area contributed by atoms with Crippen molar-refractivity contribution in [3.63, 3.8) is 0 Å². The molecule has 0 radical (unpaired) electrons. The van der Waals surface area contributed by atoms with Crippen molar-refractivity contribution in [1.29, 1.82) is 0 Å². The molecule has 0 saturated heterocycles.